The molecule has 2 aliphatic carbocycles. The van der Waals surface area contributed by atoms with Crippen LogP contribution in [0.15, 0.2) is 59.7 Å². The quantitative estimate of drug-likeness (QED) is 0.515. The third-order valence-corrected chi connectivity index (χ3v) is 6.60. The first kappa shape index (κ1) is 23.9. The number of hydrogen-bond donors (Lipinski definition) is 1. The van der Waals surface area contributed by atoms with Crippen molar-refractivity contribution in [1.82, 2.24) is 0 Å². The Kier molecular flexibility index (Phi) is 7.62. The zero-order valence-corrected chi connectivity index (χ0v) is 19.7. The zero-order chi connectivity index (χ0) is 23.3. The van der Waals surface area contributed by atoms with Crippen LogP contribution in [0.1, 0.15) is 51.0 Å². The van der Waals surface area contributed by atoms with Crippen molar-refractivity contribution < 1.29 is 19.3 Å². The lowest BCUT2D eigenvalue weighted by molar-refractivity contribution is 0.0397. The fraction of sp³-hybridized carbons (Fsp3) is 0.444. The van der Waals surface area contributed by atoms with Crippen LogP contribution in [0.4, 0.5) is 0 Å². The van der Waals surface area contributed by atoms with Crippen molar-refractivity contribution in [3.05, 3.63) is 60.2 Å². The molecule has 1 saturated carbocycles. The standard InChI is InChI=1S/C27H35NO4/c1-7-11-21(19-16-22(30-4)25(32-6)23(17-19)31-5)28-24-18(2)12-13-20(24)26(29)27(3)14-9-8-10-15-27/h7,11,13,16-17,26,29H,1-2,8-10,12,14-15H2,3-6H3/b21-11-,28-24?. The van der Waals surface area contributed by atoms with Gasteiger partial charge in [0.15, 0.2) is 11.5 Å². The molecule has 172 valence electrons. The number of aliphatic hydroxyl groups is 1. The number of nitrogens with zero attached hydrogens (tertiary/aromatic N) is 1. The molecular weight excluding hydrogens is 402 g/mol. The molecule has 0 radical (unpaired) electrons. The molecule has 0 amide bonds. The molecule has 32 heavy (non-hydrogen) atoms. The Hall–Kier alpha value is -2.79. The highest BCUT2D eigenvalue weighted by Gasteiger charge is 2.39. The summed E-state index contributed by atoms with van der Waals surface area (Å²) < 4.78 is 16.5. The van der Waals surface area contributed by atoms with Gasteiger partial charge in [-0.3, -0.25) is 0 Å². The predicted molar refractivity (Wildman–Crippen MR) is 131 cm³/mol. The minimum Gasteiger partial charge on any atom is -0.493 e. The molecule has 1 unspecified atom stereocenters. The lowest BCUT2D eigenvalue weighted by Crippen LogP contribution is -2.37. The third kappa shape index (κ3) is 4.68. The van der Waals surface area contributed by atoms with Gasteiger partial charge in [0.1, 0.15) is 0 Å². The lowest BCUT2D eigenvalue weighted by atomic mass is 9.69. The molecule has 5 heteroatoms. The number of methoxy groups -OCH3 is 3. The molecular formula is C27H35NO4. The van der Waals surface area contributed by atoms with Crippen LogP contribution in [0.2, 0.25) is 0 Å². The molecule has 5 nitrogen and oxygen atoms in total. The average Bonchev–Trinajstić information content (AvgIpc) is 3.17. The van der Waals surface area contributed by atoms with E-state index in [4.69, 9.17) is 19.2 Å². The first-order valence-electron chi connectivity index (χ1n) is 11.2. The second-order valence-corrected chi connectivity index (χ2v) is 8.75. The van der Waals surface area contributed by atoms with Gasteiger partial charge in [-0.25, -0.2) is 4.99 Å². The van der Waals surface area contributed by atoms with E-state index in [1.54, 1.807) is 27.4 Å². The number of benzene rings is 1. The Morgan fingerprint density at radius 2 is 1.72 bits per heavy atom. The highest BCUT2D eigenvalue weighted by molar-refractivity contribution is 6.17. The van der Waals surface area contributed by atoms with Crippen LogP contribution in [-0.4, -0.2) is 38.3 Å². The molecule has 1 fully saturated rings. The van der Waals surface area contributed by atoms with Crippen molar-refractivity contribution >= 4 is 11.4 Å². The maximum Gasteiger partial charge on any atom is 0.203 e. The van der Waals surface area contributed by atoms with Gasteiger partial charge in [-0.2, -0.15) is 0 Å². The van der Waals surface area contributed by atoms with E-state index in [0.717, 1.165) is 48.1 Å². The van der Waals surface area contributed by atoms with Crippen LogP contribution < -0.4 is 14.2 Å². The average molecular weight is 438 g/mol. The summed E-state index contributed by atoms with van der Waals surface area (Å²) in [6.45, 7) is 10.3. The molecule has 1 atom stereocenters. The normalized spacial score (nSPS) is 20.7. The highest BCUT2D eigenvalue weighted by Crippen LogP contribution is 2.44. The fourth-order valence-electron chi connectivity index (χ4n) is 4.68. The zero-order valence-electron chi connectivity index (χ0n) is 19.7. The van der Waals surface area contributed by atoms with Gasteiger partial charge >= 0.3 is 0 Å². The predicted octanol–water partition coefficient (Wildman–Crippen LogP) is 5.90. The van der Waals surface area contributed by atoms with E-state index in [9.17, 15) is 5.11 Å². The van der Waals surface area contributed by atoms with Gasteiger partial charge in [-0.05, 0) is 48.5 Å². The molecule has 1 N–H and O–H groups in total. The Morgan fingerprint density at radius 3 is 2.25 bits per heavy atom. The van der Waals surface area contributed by atoms with E-state index in [0.29, 0.717) is 29.4 Å². The molecule has 0 saturated heterocycles. The maximum absolute atomic E-state index is 11.4. The molecule has 0 spiro atoms. The Labute approximate surface area is 191 Å². The van der Waals surface area contributed by atoms with E-state index in [1.165, 1.54) is 6.42 Å². The number of rotatable bonds is 8. The molecule has 1 aromatic rings. The Bertz CT molecular complexity index is 939. The maximum atomic E-state index is 11.4. The van der Waals surface area contributed by atoms with Crippen molar-refractivity contribution in [2.24, 2.45) is 10.4 Å². The molecule has 0 bridgehead atoms. The first-order valence-corrected chi connectivity index (χ1v) is 11.2. The molecule has 0 aliphatic heterocycles. The summed E-state index contributed by atoms with van der Waals surface area (Å²) >= 11 is 0. The van der Waals surface area contributed by atoms with Gasteiger partial charge < -0.3 is 19.3 Å². The van der Waals surface area contributed by atoms with Gasteiger partial charge in [0.2, 0.25) is 5.75 Å². The number of ether oxygens (including phenoxy) is 3. The summed E-state index contributed by atoms with van der Waals surface area (Å²) in [4.78, 5) is 4.98. The minimum atomic E-state index is -0.564. The number of hydrogen-bond acceptors (Lipinski definition) is 5. The topological polar surface area (TPSA) is 60.3 Å². The van der Waals surface area contributed by atoms with Gasteiger partial charge in [-0.1, -0.05) is 51.5 Å². The Morgan fingerprint density at radius 1 is 1.09 bits per heavy atom. The number of allylic oxidation sites excluding steroid dienone is 4. The highest BCUT2D eigenvalue weighted by atomic mass is 16.5. The van der Waals surface area contributed by atoms with Crippen LogP contribution in [0.25, 0.3) is 5.70 Å². The van der Waals surface area contributed by atoms with Crippen molar-refractivity contribution in [1.29, 1.82) is 0 Å². The van der Waals surface area contributed by atoms with E-state index >= 15 is 0 Å². The summed E-state index contributed by atoms with van der Waals surface area (Å²) in [5.74, 6) is 1.62. The van der Waals surface area contributed by atoms with Gasteiger partial charge in [0.05, 0.1) is 38.8 Å². The molecule has 0 heterocycles. The van der Waals surface area contributed by atoms with Crippen molar-refractivity contribution in [3.8, 4) is 17.2 Å². The van der Waals surface area contributed by atoms with E-state index in [2.05, 4.69) is 26.2 Å². The lowest BCUT2D eigenvalue weighted by Gasteiger charge is -2.38. The van der Waals surface area contributed by atoms with Gasteiger partial charge in [-0.15, -0.1) is 0 Å². The van der Waals surface area contributed by atoms with Crippen molar-refractivity contribution in [2.75, 3.05) is 21.3 Å². The monoisotopic (exact) mass is 437 g/mol. The van der Waals surface area contributed by atoms with Crippen LogP contribution in [0, 0.1) is 5.41 Å². The smallest absolute Gasteiger partial charge is 0.203 e. The summed E-state index contributed by atoms with van der Waals surface area (Å²) in [5.41, 5.74) is 3.88. The fourth-order valence-corrected chi connectivity index (χ4v) is 4.68. The van der Waals surface area contributed by atoms with Crippen molar-refractivity contribution in [3.63, 3.8) is 0 Å². The van der Waals surface area contributed by atoms with E-state index < -0.39 is 6.10 Å². The molecule has 0 aromatic heterocycles. The SMILES string of the molecule is C=C/C=C(\N=C1C(=C)CC=C1C(O)C1(C)CCCCC1)c1cc(OC)c(OC)c(OC)c1. The van der Waals surface area contributed by atoms with E-state index in [1.807, 2.05) is 18.2 Å². The first-order chi connectivity index (χ1) is 15.4. The van der Waals surface area contributed by atoms with Crippen LogP contribution in [-0.2, 0) is 0 Å². The molecule has 1 aromatic carbocycles. The largest absolute Gasteiger partial charge is 0.493 e. The van der Waals surface area contributed by atoms with Crippen LogP contribution in [0.3, 0.4) is 0 Å². The third-order valence-electron chi connectivity index (χ3n) is 6.60. The number of aliphatic imine (C=N–C) groups is 1. The Balaban J connectivity index is 2.04. The minimum absolute atomic E-state index is 0.135. The summed E-state index contributed by atoms with van der Waals surface area (Å²) in [5, 5.41) is 11.4. The summed E-state index contributed by atoms with van der Waals surface area (Å²) in [7, 11) is 4.75. The molecule has 2 aliphatic rings. The summed E-state index contributed by atoms with van der Waals surface area (Å²) in [6.07, 6.45) is 11.3. The van der Waals surface area contributed by atoms with Gasteiger partial charge in [0.25, 0.3) is 0 Å². The number of aliphatic hydroxyl groups excluding tert-OH is 1. The van der Waals surface area contributed by atoms with Crippen molar-refractivity contribution in [2.45, 2.75) is 51.6 Å². The van der Waals surface area contributed by atoms with Crippen LogP contribution >= 0.6 is 0 Å². The van der Waals surface area contributed by atoms with Crippen LogP contribution in [0.5, 0.6) is 17.2 Å². The second-order valence-electron chi connectivity index (χ2n) is 8.75. The van der Waals surface area contributed by atoms with E-state index in [-0.39, 0.29) is 5.41 Å². The molecule has 3 rings (SSSR count). The van der Waals surface area contributed by atoms with Gasteiger partial charge in [0, 0.05) is 11.1 Å². The summed E-state index contributed by atoms with van der Waals surface area (Å²) in [6, 6.07) is 3.72. The second kappa shape index (κ2) is 10.2.